The van der Waals surface area contributed by atoms with Gasteiger partial charge in [-0.3, -0.25) is 4.79 Å². The van der Waals surface area contributed by atoms with E-state index >= 15 is 0 Å². The third kappa shape index (κ3) is 4.05. The quantitative estimate of drug-likeness (QED) is 0.842. The van der Waals surface area contributed by atoms with E-state index in [2.05, 4.69) is 21.2 Å². The number of amides is 1. The van der Waals surface area contributed by atoms with Crippen LogP contribution in [0.25, 0.3) is 0 Å². The van der Waals surface area contributed by atoms with Crippen molar-refractivity contribution < 1.29 is 9.53 Å². The molecule has 104 valence electrons. The Bertz CT molecular complexity index is 442. The summed E-state index contributed by atoms with van der Waals surface area (Å²) in [6.45, 7) is 3.14. The topological polar surface area (TPSA) is 38.3 Å². The standard InChI is InChI=1S/C15H20BrNO2/c1-11-5-4-8-13(14(11)16)15(18)17-9-10-19-12-6-2-3-7-12/h4-5,8,12H,2-3,6-7,9-10H2,1H3,(H,17,18). The van der Waals surface area contributed by atoms with Crippen LogP contribution in [0.1, 0.15) is 41.6 Å². The highest BCUT2D eigenvalue weighted by molar-refractivity contribution is 9.10. The summed E-state index contributed by atoms with van der Waals surface area (Å²) in [5.74, 6) is -0.0504. The van der Waals surface area contributed by atoms with Gasteiger partial charge in [-0.2, -0.15) is 0 Å². The van der Waals surface area contributed by atoms with E-state index in [1.54, 1.807) is 0 Å². The molecule has 1 N–H and O–H groups in total. The number of carbonyl (C=O) groups excluding carboxylic acids is 1. The molecule has 0 spiro atoms. The molecule has 0 heterocycles. The molecule has 2 rings (SSSR count). The summed E-state index contributed by atoms with van der Waals surface area (Å²) < 4.78 is 6.58. The number of aryl methyl sites for hydroxylation is 1. The molecule has 0 radical (unpaired) electrons. The predicted molar refractivity (Wildman–Crippen MR) is 79.4 cm³/mol. The Morgan fingerprint density at radius 3 is 2.89 bits per heavy atom. The van der Waals surface area contributed by atoms with Gasteiger partial charge in [-0.25, -0.2) is 0 Å². The SMILES string of the molecule is Cc1cccc(C(=O)NCCOC2CCCC2)c1Br. The molecule has 1 saturated carbocycles. The average Bonchev–Trinajstić information content (AvgIpc) is 2.91. The summed E-state index contributed by atoms with van der Waals surface area (Å²) in [6, 6.07) is 5.69. The summed E-state index contributed by atoms with van der Waals surface area (Å²) in [5.41, 5.74) is 1.75. The third-order valence-corrected chi connectivity index (χ3v) is 4.53. The van der Waals surface area contributed by atoms with Crippen molar-refractivity contribution in [2.45, 2.75) is 38.7 Å². The van der Waals surface area contributed by atoms with Crippen molar-refractivity contribution in [3.63, 3.8) is 0 Å². The number of rotatable bonds is 5. The molecule has 1 aromatic carbocycles. The lowest BCUT2D eigenvalue weighted by molar-refractivity contribution is 0.0581. The first-order chi connectivity index (χ1) is 9.18. The Morgan fingerprint density at radius 2 is 2.16 bits per heavy atom. The molecule has 1 fully saturated rings. The molecule has 19 heavy (non-hydrogen) atoms. The van der Waals surface area contributed by atoms with Crippen LogP contribution in [-0.2, 0) is 4.74 Å². The van der Waals surface area contributed by atoms with Crippen LogP contribution in [0.4, 0.5) is 0 Å². The van der Waals surface area contributed by atoms with Crippen molar-refractivity contribution >= 4 is 21.8 Å². The maximum atomic E-state index is 12.0. The Labute approximate surface area is 122 Å². The molecule has 1 amide bonds. The van der Waals surface area contributed by atoms with E-state index in [1.165, 1.54) is 12.8 Å². The fourth-order valence-corrected chi connectivity index (χ4v) is 2.81. The number of nitrogens with one attached hydrogen (secondary N) is 1. The maximum Gasteiger partial charge on any atom is 0.252 e. The molecule has 1 aliphatic carbocycles. The average molecular weight is 326 g/mol. The van der Waals surface area contributed by atoms with E-state index in [0.717, 1.165) is 22.9 Å². The van der Waals surface area contributed by atoms with E-state index < -0.39 is 0 Å². The van der Waals surface area contributed by atoms with Crippen LogP contribution in [-0.4, -0.2) is 25.2 Å². The highest BCUT2D eigenvalue weighted by atomic mass is 79.9. The number of carbonyl (C=O) groups is 1. The number of ether oxygens (including phenoxy) is 1. The summed E-state index contributed by atoms with van der Waals surface area (Å²) in [7, 11) is 0. The first kappa shape index (κ1) is 14.5. The van der Waals surface area contributed by atoms with Crippen molar-refractivity contribution in [2.75, 3.05) is 13.2 Å². The zero-order valence-electron chi connectivity index (χ0n) is 11.2. The maximum absolute atomic E-state index is 12.0. The molecule has 0 saturated heterocycles. The van der Waals surface area contributed by atoms with Crippen LogP contribution in [0, 0.1) is 6.92 Å². The summed E-state index contributed by atoms with van der Waals surface area (Å²) in [5, 5.41) is 2.90. The molecule has 0 aliphatic heterocycles. The van der Waals surface area contributed by atoms with Crippen LogP contribution in [0.3, 0.4) is 0 Å². The first-order valence-corrected chi connectivity index (χ1v) is 7.62. The molecule has 0 bridgehead atoms. The molecular formula is C15H20BrNO2. The van der Waals surface area contributed by atoms with Gasteiger partial charge in [0.15, 0.2) is 0 Å². The summed E-state index contributed by atoms with van der Waals surface area (Å²) in [4.78, 5) is 12.0. The second kappa shape index (κ2) is 7.06. The fourth-order valence-electron chi connectivity index (χ4n) is 2.36. The molecular weight excluding hydrogens is 306 g/mol. The fraction of sp³-hybridized carbons (Fsp3) is 0.533. The van der Waals surface area contributed by atoms with Gasteiger partial charge >= 0.3 is 0 Å². The molecule has 0 atom stereocenters. The molecule has 0 aromatic heterocycles. The highest BCUT2D eigenvalue weighted by Crippen LogP contribution is 2.21. The van der Waals surface area contributed by atoms with Gasteiger partial charge < -0.3 is 10.1 Å². The van der Waals surface area contributed by atoms with Gasteiger partial charge in [0.1, 0.15) is 0 Å². The Kier molecular flexibility index (Phi) is 5.40. The second-order valence-electron chi connectivity index (χ2n) is 4.97. The zero-order chi connectivity index (χ0) is 13.7. The van der Waals surface area contributed by atoms with Gasteiger partial charge in [0.2, 0.25) is 0 Å². The third-order valence-electron chi connectivity index (χ3n) is 3.48. The minimum absolute atomic E-state index is 0.0504. The predicted octanol–water partition coefficient (Wildman–Crippen LogP) is 3.45. The Balaban J connectivity index is 1.76. The molecule has 3 nitrogen and oxygen atoms in total. The smallest absolute Gasteiger partial charge is 0.252 e. The lowest BCUT2D eigenvalue weighted by atomic mass is 10.1. The summed E-state index contributed by atoms with van der Waals surface area (Å²) >= 11 is 3.45. The van der Waals surface area contributed by atoms with E-state index in [1.807, 2.05) is 25.1 Å². The van der Waals surface area contributed by atoms with Crippen LogP contribution in [0.15, 0.2) is 22.7 Å². The van der Waals surface area contributed by atoms with Gasteiger partial charge in [0, 0.05) is 11.0 Å². The van der Waals surface area contributed by atoms with E-state index in [0.29, 0.717) is 24.8 Å². The lowest BCUT2D eigenvalue weighted by Gasteiger charge is -2.12. The van der Waals surface area contributed by atoms with Crippen LogP contribution < -0.4 is 5.32 Å². The van der Waals surface area contributed by atoms with Gasteiger partial charge in [0.25, 0.3) is 5.91 Å². The monoisotopic (exact) mass is 325 g/mol. The Hall–Kier alpha value is -0.870. The van der Waals surface area contributed by atoms with Crippen LogP contribution in [0.5, 0.6) is 0 Å². The van der Waals surface area contributed by atoms with Gasteiger partial charge in [-0.1, -0.05) is 25.0 Å². The van der Waals surface area contributed by atoms with Crippen molar-refractivity contribution in [3.05, 3.63) is 33.8 Å². The Morgan fingerprint density at radius 1 is 1.42 bits per heavy atom. The van der Waals surface area contributed by atoms with Crippen molar-refractivity contribution in [2.24, 2.45) is 0 Å². The van der Waals surface area contributed by atoms with Gasteiger partial charge in [0.05, 0.1) is 18.3 Å². The van der Waals surface area contributed by atoms with Gasteiger partial charge in [-0.05, 0) is 47.3 Å². The second-order valence-corrected chi connectivity index (χ2v) is 5.76. The van der Waals surface area contributed by atoms with Crippen LogP contribution in [0.2, 0.25) is 0 Å². The van der Waals surface area contributed by atoms with Crippen molar-refractivity contribution in [1.82, 2.24) is 5.32 Å². The van der Waals surface area contributed by atoms with E-state index in [-0.39, 0.29) is 5.91 Å². The number of hydrogen-bond donors (Lipinski definition) is 1. The number of hydrogen-bond acceptors (Lipinski definition) is 2. The van der Waals surface area contributed by atoms with E-state index in [9.17, 15) is 4.79 Å². The molecule has 4 heteroatoms. The first-order valence-electron chi connectivity index (χ1n) is 6.83. The van der Waals surface area contributed by atoms with Crippen molar-refractivity contribution in [1.29, 1.82) is 0 Å². The molecule has 0 unspecified atom stereocenters. The number of benzene rings is 1. The van der Waals surface area contributed by atoms with E-state index in [4.69, 9.17) is 4.74 Å². The number of halogens is 1. The minimum atomic E-state index is -0.0504. The largest absolute Gasteiger partial charge is 0.376 e. The highest BCUT2D eigenvalue weighted by Gasteiger charge is 2.15. The zero-order valence-corrected chi connectivity index (χ0v) is 12.8. The normalized spacial score (nSPS) is 15.7. The summed E-state index contributed by atoms with van der Waals surface area (Å²) in [6.07, 6.45) is 5.28. The molecule has 1 aromatic rings. The van der Waals surface area contributed by atoms with Crippen molar-refractivity contribution in [3.8, 4) is 0 Å². The molecule has 1 aliphatic rings. The van der Waals surface area contributed by atoms with Gasteiger partial charge in [-0.15, -0.1) is 0 Å². The minimum Gasteiger partial charge on any atom is -0.376 e. The lowest BCUT2D eigenvalue weighted by Crippen LogP contribution is -2.28. The van der Waals surface area contributed by atoms with Crippen LogP contribution >= 0.6 is 15.9 Å².